The van der Waals surface area contributed by atoms with Gasteiger partial charge in [-0.25, -0.2) is 4.79 Å². The van der Waals surface area contributed by atoms with Crippen molar-refractivity contribution in [1.82, 2.24) is 0 Å². The summed E-state index contributed by atoms with van der Waals surface area (Å²) in [6.45, 7) is 0. The zero-order valence-corrected chi connectivity index (χ0v) is 8.47. The van der Waals surface area contributed by atoms with Gasteiger partial charge in [-0.1, -0.05) is 6.42 Å². The summed E-state index contributed by atoms with van der Waals surface area (Å²) in [6, 6.07) is 0. The summed E-state index contributed by atoms with van der Waals surface area (Å²) in [4.78, 5) is 21.8. The van der Waals surface area contributed by atoms with Crippen molar-refractivity contribution in [3.05, 3.63) is 0 Å². The van der Waals surface area contributed by atoms with Gasteiger partial charge < -0.3 is 10.5 Å². The third kappa shape index (κ3) is 2.65. The van der Waals surface area contributed by atoms with Gasteiger partial charge in [0.1, 0.15) is 0 Å². The van der Waals surface area contributed by atoms with E-state index in [1.54, 1.807) is 0 Å². The first-order chi connectivity index (χ1) is 7.28. The Labute approximate surface area is 89.9 Å². The van der Waals surface area contributed by atoms with Crippen LogP contribution < -0.4 is 5.73 Å². The van der Waals surface area contributed by atoms with E-state index in [4.69, 9.17) is 5.73 Å². The minimum absolute atomic E-state index is 0.0597. The Morgan fingerprint density at radius 2 is 1.62 bits per heavy atom. The van der Waals surface area contributed by atoms with E-state index >= 15 is 0 Å². The Kier molecular flexibility index (Phi) is 3.44. The molecule has 1 aliphatic rings. The lowest BCUT2D eigenvalue weighted by Crippen LogP contribution is -2.51. The highest BCUT2D eigenvalue weighted by atomic mass is 19.4. The Morgan fingerprint density at radius 3 is 2.00 bits per heavy atom. The van der Waals surface area contributed by atoms with Crippen molar-refractivity contribution in [2.24, 2.45) is 5.73 Å². The van der Waals surface area contributed by atoms with Crippen LogP contribution >= 0.6 is 0 Å². The van der Waals surface area contributed by atoms with Crippen molar-refractivity contribution in [1.29, 1.82) is 0 Å². The maximum atomic E-state index is 12.0. The van der Waals surface area contributed by atoms with Crippen LogP contribution in [-0.4, -0.2) is 23.7 Å². The number of alkyl halides is 3. The first-order valence-electron chi connectivity index (χ1n) is 4.88. The van der Waals surface area contributed by atoms with E-state index in [9.17, 15) is 22.8 Å². The van der Waals surface area contributed by atoms with E-state index in [2.05, 4.69) is 4.74 Å². The van der Waals surface area contributed by atoms with Crippen molar-refractivity contribution in [3.8, 4) is 0 Å². The summed E-state index contributed by atoms with van der Waals surface area (Å²) < 4.78 is 40.3. The van der Waals surface area contributed by atoms with E-state index in [0.29, 0.717) is 12.8 Å². The van der Waals surface area contributed by atoms with Gasteiger partial charge in [0.25, 0.3) is 5.91 Å². The van der Waals surface area contributed by atoms with Crippen LogP contribution in [0.5, 0.6) is 0 Å². The van der Waals surface area contributed by atoms with E-state index in [-0.39, 0.29) is 12.8 Å². The number of primary amides is 1. The van der Waals surface area contributed by atoms with Crippen molar-refractivity contribution >= 4 is 11.9 Å². The van der Waals surface area contributed by atoms with Crippen molar-refractivity contribution < 1.29 is 27.5 Å². The quantitative estimate of drug-likeness (QED) is 0.738. The van der Waals surface area contributed by atoms with Gasteiger partial charge in [-0.2, -0.15) is 13.2 Å². The lowest BCUT2D eigenvalue weighted by molar-refractivity contribution is -0.216. The van der Waals surface area contributed by atoms with Crippen molar-refractivity contribution in [2.45, 2.75) is 43.9 Å². The molecule has 0 aromatic rings. The summed E-state index contributed by atoms with van der Waals surface area (Å²) >= 11 is 0. The molecule has 0 saturated heterocycles. The van der Waals surface area contributed by atoms with Gasteiger partial charge in [0, 0.05) is 0 Å². The molecule has 1 amide bonds. The molecule has 0 heterocycles. The molecule has 0 spiro atoms. The number of halogens is 3. The molecule has 1 rings (SSSR count). The van der Waals surface area contributed by atoms with Gasteiger partial charge >= 0.3 is 12.1 Å². The van der Waals surface area contributed by atoms with Crippen LogP contribution in [0.3, 0.4) is 0 Å². The normalized spacial score (nSPS) is 20.2. The van der Waals surface area contributed by atoms with Crippen LogP contribution in [0.25, 0.3) is 0 Å². The highest BCUT2D eigenvalue weighted by Crippen LogP contribution is 2.33. The molecule has 0 bridgehead atoms. The second kappa shape index (κ2) is 4.31. The molecule has 1 saturated carbocycles. The first kappa shape index (κ1) is 12.8. The average molecular weight is 239 g/mol. The van der Waals surface area contributed by atoms with E-state index < -0.39 is 23.7 Å². The van der Waals surface area contributed by atoms with Crippen LogP contribution in [0, 0.1) is 0 Å². The van der Waals surface area contributed by atoms with Crippen LogP contribution in [0.4, 0.5) is 13.2 Å². The fourth-order valence-electron chi connectivity index (χ4n) is 1.76. The number of hydrogen-bond donors (Lipinski definition) is 1. The molecule has 92 valence electrons. The Morgan fingerprint density at radius 1 is 1.12 bits per heavy atom. The summed E-state index contributed by atoms with van der Waals surface area (Å²) in [5.41, 5.74) is 3.24. The second-order valence-corrected chi connectivity index (χ2v) is 3.81. The molecule has 0 aromatic heterocycles. The zero-order chi connectivity index (χ0) is 12.4. The van der Waals surface area contributed by atoms with E-state index in [0.717, 1.165) is 6.42 Å². The molecule has 1 aliphatic carbocycles. The Hall–Kier alpha value is -1.27. The van der Waals surface area contributed by atoms with Crippen molar-refractivity contribution in [3.63, 3.8) is 0 Å². The standard InChI is InChI=1S/C9H12F3NO3/c10-9(11,12)7(15)16-8(6(13)14)4-2-1-3-5-8/h1-5H2,(H2,13,14). The average Bonchev–Trinajstić information content (AvgIpc) is 2.17. The fourth-order valence-corrected chi connectivity index (χ4v) is 1.76. The maximum Gasteiger partial charge on any atom is 0.490 e. The van der Waals surface area contributed by atoms with Gasteiger partial charge in [0.05, 0.1) is 0 Å². The van der Waals surface area contributed by atoms with Crippen LogP contribution in [0.1, 0.15) is 32.1 Å². The van der Waals surface area contributed by atoms with Gasteiger partial charge in [0.2, 0.25) is 0 Å². The van der Waals surface area contributed by atoms with Crippen molar-refractivity contribution in [2.75, 3.05) is 0 Å². The Bertz CT molecular complexity index is 295. The molecule has 0 atom stereocenters. The fraction of sp³-hybridized carbons (Fsp3) is 0.778. The molecular weight excluding hydrogens is 227 g/mol. The predicted molar refractivity (Wildman–Crippen MR) is 47.2 cm³/mol. The van der Waals surface area contributed by atoms with E-state index in [1.165, 1.54) is 0 Å². The smallest absolute Gasteiger partial charge is 0.442 e. The molecule has 1 fully saturated rings. The number of carbonyl (C=O) groups excluding carboxylic acids is 2. The molecule has 0 radical (unpaired) electrons. The monoisotopic (exact) mass is 239 g/mol. The van der Waals surface area contributed by atoms with Crippen LogP contribution in [-0.2, 0) is 14.3 Å². The highest BCUT2D eigenvalue weighted by Gasteiger charge is 2.49. The molecular formula is C9H12F3NO3. The minimum Gasteiger partial charge on any atom is -0.442 e. The van der Waals surface area contributed by atoms with Gasteiger partial charge in [-0.05, 0) is 25.7 Å². The maximum absolute atomic E-state index is 12.0. The number of hydrogen-bond acceptors (Lipinski definition) is 3. The van der Waals surface area contributed by atoms with Crippen LogP contribution in [0.2, 0.25) is 0 Å². The predicted octanol–water partition coefficient (Wildman–Crippen LogP) is 1.28. The third-order valence-corrected chi connectivity index (χ3v) is 2.63. The first-order valence-corrected chi connectivity index (χ1v) is 4.88. The molecule has 7 heteroatoms. The number of esters is 1. The second-order valence-electron chi connectivity index (χ2n) is 3.81. The molecule has 4 nitrogen and oxygen atoms in total. The van der Waals surface area contributed by atoms with Crippen LogP contribution in [0.15, 0.2) is 0 Å². The summed E-state index contributed by atoms with van der Waals surface area (Å²) in [7, 11) is 0. The lowest BCUT2D eigenvalue weighted by Gasteiger charge is -2.33. The number of rotatable bonds is 2. The summed E-state index contributed by atoms with van der Waals surface area (Å²) in [5, 5.41) is 0. The number of nitrogens with two attached hydrogens (primary N) is 1. The molecule has 0 unspecified atom stereocenters. The topological polar surface area (TPSA) is 69.4 Å². The zero-order valence-electron chi connectivity index (χ0n) is 8.47. The number of amides is 1. The SMILES string of the molecule is NC(=O)C1(OC(=O)C(F)(F)F)CCCCC1. The molecule has 0 aliphatic heterocycles. The van der Waals surface area contributed by atoms with E-state index in [1.807, 2.05) is 0 Å². The Balaban J connectivity index is 2.79. The summed E-state index contributed by atoms with van der Waals surface area (Å²) in [5.74, 6) is -3.36. The molecule has 16 heavy (non-hydrogen) atoms. The van der Waals surface area contributed by atoms with Gasteiger partial charge in [-0.15, -0.1) is 0 Å². The minimum atomic E-state index is -5.10. The highest BCUT2D eigenvalue weighted by molar-refractivity contribution is 5.87. The molecule has 0 aromatic carbocycles. The summed E-state index contributed by atoms with van der Waals surface area (Å²) in [6.07, 6.45) is -3.14. The third-order valence-electron chi connectivity index (χ3n) is 2.63. The number of carbonyl (C=O) groups is 2. The van der Waals surface area contributed by atoms with Gasteiger partial charge in [-0.3, -0.25) is 4.79 Å². The number of ether oxygens (including phenoxy) is 1. The molecule has 2 N–H and O–H groups in total. The largest absolute Gasteiger partial charge is 0.490 e. The van der Waals surface area contributed by atoms with Gasteiger partial charge in [0.15, 0.2) is 5.60 Å². The lowest BCUT2D eigenvalue weighted by atomic mass is 9.84.